The van der Waals surface area contributed by atoms with Gasteiger partial charge in [0.2, 0.25) is 0 Å². The van der Waals surface area contributed by atoms with Gasteiger partial charge >= 0.3 is 0 Å². The molecule has 0 aliphatic carbocycles. The fourth-order valence-corrected chi connectivity index (χ4v) is 3.46. The summed E-state index contributed by atoms with van der Waals surface area (Å²) in [6, 6.07) is 16.7. The lowest BCUT2D eigenvalue weighted by atomic mass is 10.2. The zero-order valence-corrected chi connectivity index (χ0v) is 14.7. The Kier molecular flexibility index (Phi) is 4.65. The predicted molar refractivity (Wildman–Crippen MR) is 101 cm³/mol. The average Bonchev–Trinajstić information content (AvgIpc) is 3.20. The number of hydrogen-bond acceptors (Lipinski definition) is 3. The Hall–Kier alpha value is -3.13. The van der Waals surface area contributed by atoms with Crippen LogP contribution in [0.5, 0.6) is 0 Å². The Morgan fingerprint density at radius 1 is 1.08 bits per heavy atom. The Labute approximate surface area is 153 Å². The monoisotopic (exact) mass is 343 g/mol. The van der Waals surface area contributed by atoms with Gasteiger partial charge in [0.15, 0.2) is 5.82 Å². The second-order valence-corrected chi connectivity index (χ2v) is 6.62. The fraction of sp³-hybridized carbons (Fsp3) is 0.286. The van der Waals surface area contributed by atoms with Crippen LogP contribution < -0.4 is 0 Å². The second kappa shape index (κ2) is 7.40. The molecular formula is C21H21N5. The second-order valence-electron chi connectivity index (χ2n) is 6.62. The number of aromatic nitrogens is 4. The molecule has 0 spiro atoms. The summed E-state index contributed by atoms with van der Waals surface area (Å²) in [4.78, 5) is 0. The molecule has 0 N–H and O–H groups in total. The lowest BCUT2D eigenvalue weighted by molar-refractivity contribution is 0.627. The van der Waals surface area contributed by atoms with Crippen LogP contribution in [-0.2, 0) is 19.5 Å². The molecule has 3 aromatic rings. The van der Waals surface area contributed by atoms with E-state index in [1.165, 1.54) is 12.0 Å². The molecule has 0 bridgehead atoms. The van der Waals surface area contributed by atoms with Crippen molar-refractivity contribution in [3.63, 3.8) is 0 Å². The third kappa shape index (κ3) is 3.31. The average molecular weight is 343 g/mol. The molecular weight excluding hydrogens is 322 g/mol. The molecule has 0 fully saturated rings. The Balaban J connectivity index is 1.67. The molecule has 0 atom stereocenters. The number of aryl methyl sites for hydroxylation is 1. The van der Waals surface area contributed by atoms with Crippen LogP contribution in [0.25, 0.3) is 11.6 Å². The minimum atomic E-state index is 0.568. The molecule has 3 heterocycles. The van der Waals surface area contributed by atoms with Crippen LogP contribution in [0.1, 0.15) is 42.2 Å². The van der Waals surface area contributed by atoms with E-state index in [9.17, 15) is 5.26 Å². The van der Waals surface area contributed by atoms with Gasteiger partial charge in [-0.15, -0.1) is 10.2 Å². The molecule has 1 aliphatic rings. The summed E-state index contributed by atoms with van der Waals surface area (Å²) in [5, 5.41) is 18.4. The molecule has 5 nitrogen and oxygen atoms in total. The molecule has 1 aliphatic heterocycles. The van der Waals surface area contributed by atoms with Gasteiger partial charge in [-0.3, -0.25) is 0 Å². The highest BCUT2D eigenvalue weighted by molar-refractivity contribution is 5.86. The maximum absolute atomic E-state index is 9.74. The number of nitrogens with zero attached hydrogens (tertiary/aromatic N) is 5. The zero-order chi connectivity index (χ0) is 17.8. The van der Waals surface area contributed by atoms with Crippen molar-refractivity contribution < 1.29 is 0 Å². The Morgan fingerprint density at radius 3 is 2.81 bits per heavy atom. The number of benzene rings is 1. The van der Waals surface area contributed by atoms with Crippen molar-refractivity contribution in [2.75, 3.05) is 0 Å². The van der Waals surface area contributed by atoms with E-state index in [-0.39, 0.29) is 0 Å². The number of nitriles is 1. The highest BCUT2D eigenvalue weighted by Gasteiger charge is 2.18. The van der Waals surface area contributed by atoms with E-state index in [1.54, 1.807) is 0 Å². The largest absolute Gasteiger partial charge is 0.344 e. The van der Waals surface area contributed by atoms with Crippen LogP contribution >= 0.6 is 0 Å². The molecule has 1 aromatic carbocycles. The van der Waals surface area contributed by atoms with Crippen molar-refractivity contribution in [2.45, 2.75) is 38.8 Å². The smallest absolute Gasteiger partial charge is 0.174 e. The molecule has 0 saturated carbocycles. The molecule has 0 radical (unpaired) electrons. The van der Waals surface area contributed by atoms with Crippen molar-refractivity contribution in [2.24, 2.45) is 0 Å². The molecule has 0 unspecified atom stereocenters. The van der Waals surface area contributed by atoms with Gasteiger partial charge in [0.05, 0.1) is 5.57 Å². The van der Waals surface area contributed by atoms with Gasteiger partial charge in [0.1, 0.15) is 11.9 Å². The van der Waals surface area contributed by atoms with Crippen molar-refractivity contribution in [1.82, 2.24) is 19.3 Å². The summed E-state index contributed by atoms with van der Waals surface area (Å²) >= 11 is 0. The first-order valence-corrected chi connectivity index (χ1v) is 9.08. The van der Waals surface area contributed by atoms with Crippen LogP contribution in [0.2, 0.25) is 0 Å². The Morgan fingerprint density at radius 2 is 1.96 bits per heavy atom. The first-order valence-electron chi connectivity index (χ1n) is 9.08. The summed E-state index contributed by atoms with van der Waals surface area (Å²) in [5.74, 6) is 1.69. The van der Waals surface area contributed by atoms with Crippen LogP contribution in [0.3, 0.4) is 0 Å². The van der Waals surface area contributed by atoms with Crippen LogP contribution in [0.15, 0.2) is 48.7 Å². The SMILES string of the molecule is N#CC(=Cc1cccn1Cc1ccccc1)c1nnc2n1CCCCC2. The molecule has 4 rings (SSSR count). The van der Waals surface area contributed by atoms with E-state index in [4.69, 9.17) is 0 Å². The predicted octanol–water partition coefficient (Wildman–Crippen LogP) is 3.92. The van der Waals surface area contributed by atoms with Crippen molar-refractivity contribution in [1.29, 1.82) is 5.26 Å². The Bertz CT molecular complexity index is 956. The van der Waals surface area contributed by atoms with Crippen LogP contribution in [0.4, 0.5) is 0 Å². The summed E-state index contributed by atoms with van der Waals surface area (Å²) in [5.41, 5.74) is 2.79. The van der Waals surface area contributed by atoms with Gasteiger partial charge in [-0.2, -0.15) is 5.26 Å². The lowest BCUT2D eigenvalue weighted by Crippen LogP contribution is -2.05. The highest BCUT2D eigenvalue weighted by Crippen LogP contribution is 2.22. The van der Waals surface area contributed by atoms with Crippen LogP contribution in [-0.4, -0.2) is 19.3 Å². The van der Waals surface area contributed by atoms with Gasteiger partial charge < -0.3 is 9.13 Å². The quantitative estimate of drug-likeness (QED) is 0.675. The normalized spacial score (nSPS) is 14.5. The third-order valence-corrected chi connectivity index (χ3v) is 4.82. The van der Waals surface area contributed by atoms with Gasteiger partial charge in [0.25, 0.3) is 0 Å². The number of fused-ring (bicyclic) bond motifs is 1. The van der Waals surface area contributed by atoms with Gasteiger partial charge in [0, 0.05) is 31.4 Å². The minimum absolute atomic E-state index is 0.568. The van der Waals surface area contributed by atoms with Crippen molar-refractivity contribution in [3.8, 4) is 6.07 Å². The summed E-state index contributed by atoms with van der Waals surface area (Å²) in [6.07, 6.45) is 8.36. The molecule has 2 aromatic heterocycles. The van der Waals surface area contributed by atoms with E-state index < -0.39 is 0 Å². The maximum Gasteiger partial charge on any atom is 0.174 e. The maximum atomic E-state index is 9.74. The van der Waals surface area contributed by atoms with E-state index in [0.717, 1.165) is 43.9 Å². The zero-order valence-electron chi connectivity index (χ0n) is 14.7. The summed E-state index contributed by atoms with van der Waals surface area (Å²) in [7, 11) is 0. The van der Waals surface area contributed by atoms with Gasteiger partial charge in [-0.1, -0.05) is 36.8 Å². The molecule has 0 amide bonds. The molecule has 5 heteroatoms. The standard InChI is InChI=1S/C21H21N5/c22-15-18(21-24-23-20-11-5-2-6-13-26(20)21)14-19-10-7-12-25(19)16-17-8-3-1-4-9-17/h1,3-4,7-10,12,14H,2,5-6,11,13,16H2. The minimum Gasteiger partial charge on any atom is -0.344 e. The number of allylic oxidation sites excluding steroid dienone is 1. The number of hydrogen-bond donors (Lipinski definition) is 0. The fourth-order valence-electron chi connectivity index (χ4n) is 3.46. The number of rotatable bonds is 4. The third-order valence-electron chi connectivity index (χ3n) is 4.82. The van der Waals surface area contributed by atoms with E-state index in [2.05, 4.69) is 37.5 Å². The van der Waals surface area contributed by atoms with Crippen molar-refractivity contribution >= 4 is 11.6 Å². The van der Waals surface area contributed by atoms with E-state index >= 15 is 0 Å². The highest BCUT2D eigenvalue weighted by atomic mass is 15.3. The molecule has 0 saturated heterocycles. The van der Waals surface area contributed by atoms with E-state index in [0.29, 0.717) is 11.4 Å². The summed E-state index contributed by atoms with van der Waals surface area (Å²) in [6.45, 7) is 1.66. The van der Waals surface area contributed by atoms with Gasteiger partial charge in [-0.25, -0.2) is 0 Å². The van der Waals surface area contributed by atoms with Gasteiger partial charge in [-0.05, 0) is 36.6 Å². The molecule has 26 heavy (non-hydrogen) atoms. The molecule has 130 valence electrons. The topological polar surface area (TPSA) is 59.4 Å². The summed E-state index contributed by atoms with van der Waals surface area (Å²) < 4.78 is 4.26. The van der Waals surface area contributed by atoms with Crippen molar-refractivity contribution in [3.05, 3.63) is 71.6 Å². The van der Waals surface area contributed by atoms with Crippen LogP contribution in [0, 0.1) is 11.3 Å². The first kappa shape index (κ1) is 16.3. The lowest BCUT2D eigenvalue weighted by Gasteiger charge is -2.08. The van der Waals surface area contributed by atoms with E-state index in [1.807, 2.05) is 42.6 Å². The first-order chi connectivity index (χ1) is 12.8.